The molecule has 0 aromatic rings. The fourth-order valence-electron chi connectivity index (χ4n) is 1.13. The fraction of sp³-hybridized carbons (Fsp3) is 0.692. The molecule has 0 spiro atoms. The second kappa shape index (κ2) is 7.74. The third-order valence-corrected chi connectivity index (χ3v) is 1.89. The van der Waals surface area contributed by atoms with Crippen molar-refractivity contribution in [3.63, 3.8) is 0 Å². The lowest BCUT2D eigenvalue weighted by atomic mass is 10.2. The summed E-state index contributed by atoms with van der Waals surface area (Å²) in [6, 6.07) is -0.246. The fourth-order valence-corrected chi connectivity index (χ4v) is 1.13. The number of amides is 1. The highest BCUT2D eigenvalue weighted by molar-refractivity contribution is 5.82. The highest BCUT2D eigenvalue weighted by Crippen LogP contribution is 2.07. The van der Waals surface area contributed by atoms with E-state index in [0.29, 0.717) is 13.0 Å². The molecule has 0 fully saturated rings. The average Bonchev–Trinajstić information content (AvgIpc) is 2.22. The zero-order valence-electron chi connectivity index (χ0n) is 11.8. The van der Waals surface area contributed by atoms with Crippen LogP contribution < -0.4 is 5.32 Å². The molecule has 1 atom stereocenters. The van der Waals surface area contributed by atoms with Crippen LogP contribution in [-0.4, -0.2) is 30.3 Å². The maximum absolute atomic E-state index is 11.5. The first-order valence-electron chi connectivity index (χ1n) is 6.13. The zero-order valence-corrected chi connectivity index (χ0v) is 11.8. The minimum absolute atomic E-state index is 0.246. The third-order valence-electron chi connectivity index (χ3n) is 1.89. The van der Waals surface area contributed by atoms with Gasteiger partial charge in [0.25, 0.3) is 0 Å². The second-order valence-corrected chi connectivity index (χ2v) is 4.77. The number of carbonyl (C=O) groups is 2. The maximum atomic E-state index is 11.5. The van der Waals surface area contributed by atoms with Crippen molar-refractivity contribution < 1.29 is 19.1 Å². The number of esters is 1. The predicted molar refractivity (Wildman–Crippen MR) is 69.2 cm³/mol. The first-order valence-corrected chi connectivity index (χ1v) is 6.13. The molecule has 0 saturated heterocycles. The van der Waals surface area contributed by atoms with Gasteiger partial charge >= 0.3 is 12.1 Å². The molecule has 0 unspecified atom stereocenters. The zero-order chi connectivity index (χ0) is 14.2. The minimum Gasteiger partial charge on any atom is -0.463 e. The Labute approximate surface area is 109 Å². The Bertz CT molecular complexity index is 305. The van der Waals surface area contributed by atoms with E-state index in [1.807, 2.05) is 6.92 Å². The third kappa shape index (κ3) is 8.61. The van der Waals surface area contributed by atoms with E-state index in [1.165, 1.54) is 6.08 Å². The van der Waals surface area contributed by atoms with Crippen LogP contribution in [0.3, 0.4) is 0 Å². The highest BCUT2D eigenvalue weighted by atomic mass is 16.6. The first-order chi connectivity index (χ1) is 8.28. The van der Waals surface area contributed by atoms with E-state index in [4.69, 9.17) is 9.47 Å². The van der Waals surface area contributed by atoms with E-state index in [0.717, 1.165) is 0 Å². The summed E-state index contributed by atoms with van der Waals surface area (Å²) >= 11 is 0. The monoisotopic (exact) mass is 257 g/mol. The van der Waals surface area contributed by atoms with Crippen molar-refractivity contribution in [1.82, 2.24) is 5.32 Å². The van der Waals surface area contributed by atoms with Gasteiger partial charge in [0, 0.05) is 6.08 Å². The van der Waals surface area contributed by atoms with Crippen molar-refractivity contribution in [2.24, 2.45) is 0 Å². The molecule has 0 aromatic carbocycles. The van der Waals surface area contributed by atoms with E-state index < -0.39 is 17.7 Å². The van der Waals surface area contributed by atoms with Crippen LogP contribution in [0.25, 0.3) is 0 Å². The maximum Gasteiger partial charge on any atom is 0.408 e. The number of hydrogen-bond donors (Lipinski definition) is 1. The van der Waals surface area contributed by atoms with Crippen LogP contribution in [0, 0.1) is 0 Å². The van der Waals surface area contributed by atoms with Crippen LogP contribution in [0.2, 0.25) is 0 Å². The molecule has 0 bridgehead atoms. The summed E-state index contributed by atoms with van der Waals surface area (Å²) in [4.78, 5) is 22.6. The highest BCUT2D eigenvalue weighted by Gasteiger charge is 2.17. The largest absolute Gasteiger partial charge is 0.463 e. The number of carbonyl (C=O) groups excluding carboxylic acids is 2. The number of ether oxygens (including phenoxy) is 2. The van der Waals surface area contributed by atoms with Gasteiger partial charge in [0.05, 0.1) is 12.6 Å². The van der Waals surface area contributed by atoms with E-state index in [-0.39, 0.29) is 6.04 Å². The van der Waals surface area contributed by atoms with Crippen LogP contribution in [0.4, 0.5) is 4.79 Å². The molecule has 0 aliphatic carbocycles. The molecule has 0 radical (unpaired) electrons. The van der Waals surface area contributed by atoms with Crippen LogP contribution in [0.5, 0.6) is 0 Å². The van der Waals surface area contributed by atoms with Gasteiger partial charge in [0.2, 0.25) is 0 Å². The van der Waals surface area contributed by atoms with Crippen LogP contribution in [0.15, 0.2) is 12.2 Å². The smallest absolute Gasteiger partial charge is 0.408 e. The van der Waals surface area contributed by atoms with Gasteiger partial charge in [-0.15, -0.1) is 0 Å². The Morgan fingerprint density at radius 2 is 1.89 bits per heavy atom. The van der Waals surface area contributed by atoms with Crippen molar-refractivity contribution in [3.05, 3.63) is 12.2 Å². The Kier molecular flexibility index (Phi) is 7.08. The minimum atomic E-state index is -0.534. The number of nitrogens with one attached hydrogen (secondary N) is 1. The molecule has 0 aliphatic rings. The molecule has 104 valence electrons. The van der Waals surface area contributed by atoms with Gasteiger partial charge in [0.15, 0.2) is 0 Å². The summed E-state index contributed by atoms with van der Waals surface area (Å²) in [6.45, 7) is 9.35. The molecule has 1 amide bonds. The normalized spacial score (nSPS) is 13.2. The van der Waals surface area contributed by atoms with Gasteiger partial charge in [-0.1, -0.05) is 13.0 Å². The molecular weight excluding hydrogens is 234 g/mol. The number of hydrogen-bond acceptors (Lipinski definition) is 4. The molecule has 0 saturated carbocycles. The van der Waals surface area contributed by atoms with Gasteiger partial charge in [-0.25, -0.2) is 9.59 Å². The van der Waals surface area contributed by atoms with E-state index in [1.54, 1.807) is 33.8 Å². The Hall–Kier alpha value is -1.52. The summed E-state index contributed by atoms with van der Waals surface area (Å²) in [5, 5.41) is 2.66. The van der Waals surface area contributed by atoms with Crippen LogP contribution in [0.1, 0.15) is 41.0 Å². The summed E-state index contributed by atoms with van der Waals surface area (Å²) < 4.78 is 9.88. The average molecular weight is 257 g/mol. The van der Waals surface area contributed by atoms with Crippen molar-refractivity contribution >= 4 is 12.1 Å². The second-order valence-electron chi connectivity index (χ2n) is 4.77. The van der Waals surface area contributed by atoms with Gasteiger partial charge in [0.1, 0.15) is 5.60 Å². The predicted octanol–water partition coefficient (Wildman–Crippen LogP) is 2.41. The van der Waals surface area contributed by atoms with Crippen molar-refractivity contribution in [2.45, 2.75) is 52.7 Å². The SMILES string of the molecule is CCOC(=O)/C=C/[C@@H](CC)NC(=O)OC(C)(C)C. The molecule has 0 rings (SSSR count). The van der Waals surface area contributed by atoms with Crippen LogP contribution in [-0.2, 0) is 14.3 Å². The summed E-state index contributed by atoms with van der Waals surface area (Å²) in [6.07, 6.45) is 3.08. The van der Waals surface area contributed by atoms with Crippen molar-refractivity contribution in [1.29, 1.82) is 0 Å². The molecule has 0 heterocycles. The van der Waals surface area contributed by atoms with Gasteiger partial charge < -0.3 is 14.8 Å². The lowest BCUT2D eigenvalue weighted by Gasteiger charge is -2.21. The summed E-state index contributed by atoms with van der Waals surface area (Å²) in [5.74, 6) is -0.415. The standard InChI is InChI=1S/C13H23NO4/c1-6-10(8-9-11(15)17-7-2)14-12(16)18-13(3,4)5/h8-10H,6-7H2,1-5H3,(H,14,16)/b9-8+/t10-/m1/s1. The Balaban J connectivity index is 4.27. The quantitative estimate of drug-likeness (QED) is 0.606. The molecule has 5 nitrogen and oxygen atoms in total. The van der Waals surface area contributed by atoms with Gasteiger partial charge in [-0.2, -0.15) is 0 Å². The summed E-state index contributed by atoms with van der Waals surface area (Å²) in [7, 11) is 0. The Morgan fingerprint density at radius 1 is 1.28 bits per heavy atom. The lowest BCUT2D eigenvalue weighted by molar-refractivity contribution is -0.137. The summed E-state index contributed by atoms with van der Waals surface area (Å²) in [5.41, 5.74) is -0.534. The van der Waals surface area contributed by atoms with Gasteiger partial charge in [-0.05, 0) is 34.1 Å². The van der Waals surface area contributed by atoms with Gasteiger partial charge in [-0.3, -0.25) is 0 Å². The molecule has 1 N–H and O–H groups in total. The number of rotatable bonds is 5. The van der Waals surface area contributed by atoms with Crippen molar-refractivity contribution in [2.75, 3.05) is 6.61 Å². The molecule has 18 heavy (non-hydrogen) atoms. The van der Waals surface area contributed by atoms with E-state index in [2.05, 4.69) is 5.32 Å². The number of alkyl carbamates (subject to hydrolysis) is 1. The Morgan fingerprint density at radius 3 is 2.33 bits per heavy atom. The first kappa shape index (κ1) is 16.5. The topological polar surface area (TPSA) is 64.6 Å². The lowest BCUT2D eigenvalue weighted by Crippen LogP contribution is -2.38. The van der Waals surface area contributed by atoms with Crippen LogP contribution >= 0.6 is 0 Å². The molecule has 0 aliphatic heterocycles. The van der Waals surface area contributed by atoms with E-state index in [9.17, 15) is 9.59 Å². The van der Waals surface area contributed by atoms with E-state index >= 15 is 0 Å². The molecule has 5 heteroatoms. The molecule has 0 aromatic heterocycles. The molecular formula is C13H23NO4. The van der Waals surface area contributed by atoms with Crippen molar-refractivity contribution in [3.8, 4) is 0 Å².